The number of halogens is 1. The molecule has 126 valence electrons. The van der Waals surface area contributed by atoms with Gasteiger partial charge in [0.05, 0.1) is 5.69 Å². The van der Waals surface area contributed by atoms with E-state index in [1.54, 1.807) is 0 Å². The molecule has 1 saturated heterocycles. The minimum atomic E-state index is -0.136. The van der Waals surface area contributed by atoms with Crippen LogP contribution in [-0.2, 0) is 6.54 Å². The lowest BCUT2D eigenvalue weighted by molar-refractivity contribution is 0.190. The lowest BCUT2D eigenvalue weighted by atomic mass is 10.0. The van der Waals surface area contributed by atoms with Crippen LogP contribution in [-0.4, -0.2) is 30.1 Å². The van der Waals surface area contributed by atoms with Crippen LogP contribution in [0.2, 0.25) is 0 Å². The van der Waals surface area contributed by atoms with E-state index in [-0.39, 0.29) is 12.1 Å². The molecule has 0 saturated carbocycles. The van der Waals surface area contributed by atoms with Crippen molar-refractivity contribution in [3.05, 3.63) is 64.6 Å². The summed E-state index contributed by atoms with van der Waals surface area (Å²) in [6, 6.07) is 18.3. The number of benzene rings is 2. The van der Waals surface area contributed by atoms with Crippen LogP contribution in [0.1, 0.15) is 18.4 Å². The van der Waals surface area contributed by atoms with Gasteiger partial charge in [0.15, 0.2) is 0 Å². The van der Waals surface area contributed by atoms with Gasteiger partial charge in [0, 0.05) is 30.1 Å². The Labute approximate surface area is 151 Å². The number of piperidine rings is 1. The summed E-state index contributed by atoms with van der Waals surface area (Å²) in [4.78, 5) is 14.6. The summed E-state index contributed by atoms with van der Waals surface area (Å²) in [7, 11) is 0. The van der Waals surface area contributed by atoms with E-state index in [0.29, 0.717) is 0 Å². The maximum Gasteiger partial charge on any atom is 0.319 e. The second kappa shape index (κ2) is 8.31. The monoisotopic (exact) mass is 387 g/mol. The Bertz CT molecular complexity index is 669. The molecule has 2 aromatic carbocycles. The van der Waals surface area contributed by atoms with Crippen molar-refractivity contribution in [2.75, 3.05) is 18.4 Å². The summed E-state index contributed by atoms with van der Waals surface area (Å²) in [6.07, 6.45) is 1.96. The molecule has 0 atom stereocenters. The van der Waals surface area contributed by atoms with Crippen LogP contribution in [0.25, 0.3) is 0 Å². The smallest absolute Gasteiger partial charge is 0.319 e. The Hall–Kier alpha value is -1.85. The summed E-state index contributed by atoms with van der Waals surface area (Å²) in [5, 5.41) is 5.98. The van der Waals surface area contributed by atoms with Crippen LogP contribution in [0.4, 0.5) is 10.5 Å². The van der Waals surface area contributed by atoms with Gasteiger partial charge in [-0.2, -0.15) is 0 Å². The van der Waals surface area contributed by atoms with Crippen molar-refractivity contribution >= 4 is 27.6 Å². The van der Waals surface area contributed by atoms with Gasteiger partial charge in [-0.05, 0) is 46.5 Å². The highest BCUT2D eigenvalue weighted by atomic mass is 79.9. The van der Waals surface area contributed by atoms with E-state index in [1.165, 1.54) is 5.56 Å². The Kier molecular flexibility index (Phi) is 5.88. The summed E-state index contributed by atoms with van der Waals surface area (Å²) >= 11 is 3.44. The van der Waals surface area contributed by atoms with E-state index >= 15 is 0 Å². The predicted octanol–water partition coefficient (Wildman–Crippen LogP) is 4.24. The highest BCUT2D eigenvalue weighted by molar-refractivity contribution is 9.10. The molecular formula is C19H22BrN3O. The zero-order chi connectivity index (χ0) is 16.8. The van der Waals surface area contributed by atoms with Gasteiger partial charge in [-0.3, -0.25) is 4.90 Å². The van der Waals surface area contributed by atoms with E-state index in [0.717, 1.165) is 42.6 Å². The van der Waals surface area contributed by atoms with E-state index < -0.39 is 0 Å². The zero-order valence-electron chi connectivity index (χ0n) is 13.5. The molecule has 2 N–H and O–H groups in total. The number of hydrogen-bond acceptors (Lipinski definition) is 2. The van der Waals surface area contributed by atoms with Gasteiger partial charge >= 0.3 is 6.03 Å². The number of hydrogen-bond donors (Lipinski definition) is 2. The molecular weight excluding hydrogens is 366 g/mol. The highest BCUT2D eigenvalue weighted by Crippen LogP contribution is 2.21. The van der Waals surface area contributed by atoms with Crippen LogP contribution in [0.15, 0.2) is 59.1 Å². The maximum absolute atomic E-state index is 12.1. The quantitative estimate of drug-likeness (QED) is 0.823. The van der Waals surface area contributed by atoms with E-state index in [2.05, 4.69) is 55.7 Å². The molecule has 1 heterocycles. The van der Waals surface area contributed by atoms with Crippen molar-refractivity contribution in [2.24, 2.45) is 0 Å². The number of anilines is 1. The van der Waals surface area contributed by atoms with E-state index in [1.807, 2.05) is 30.3 Å². The second-order valence-corrected chi connectivity index (χ2v) is 6.97. The molecule has 1 fully saturated rings. The van der Waals surface area contributed by atoms with Crippen molar-refractivity contribution in [1.29, 1.82) is 0 Å². The molecule has 1 aliphatic heterocycles. The predicted molar refractivity (Wildman–Crippen MR) is 101 cm³/mol. The minimum Gasteiger partial charge on any atom is -0.335 e. The van der Waals surface area contributed by atoms with Gasteiger partial charge in [-0.25, -0.2) is 4.79 Å². The molecule has 24 heavy (non-hydrogen) atoms. The summed E-state index contributed by atoms with van der Waals surface area (Å²) in [6.45, 7) is 3.00. The fraction of sp³-hybridized carbons (Fsp3) is 0.316. The molecule has 0 aliphatic carbocycles. The minimum absolute atomic E-state index is 0.136. The summed E-state index contributed by atoms with van der Waals surface area (Å²) in [5.74, 6) is 0. The number of urea groups is 1. The van der Waals surface area contributed by atoms with Gasteiger partial charge in [0.25, 0.3) is 0 Å². The van der Waals surface area contributed by atoms with Gasteiger partial charge < -0.3 is 10.6 Å². The molecule has 2 aromatic rings. The topological polar surface area (TPSA) is 44.4 Å². The summed E-state index contributed by atoms with van der Waals surface area (Å²) < 4.78 is 0.887. The van der Waals surface area contributed by atoms with Gasteiger partial charge in [-0.1, -0.05) is 42.5 Å². The highest BCUT2D eigenvalue weighted by Gasteiger charge is 2.20. The fourth-order valence-corrected chi connectivity index (χ4v) is 3.37. The van der Waals surface area contributed by atoms with Crippen molar-refractivity contribution in [1.82, 2.24) is 10.2 Å². The molecule has 0 aromatic heterocycles. The SMILES string of the molecule is O=C(Nc1ccccc1Br)NC1CCN(Cc2ccccc2)CC1. The number of likely N-dealkylation sites (tertiary alicyclic amines) is 1. The van der Waals surface area contributed by atoms with Crippen molar-refractivity contribution in [3.63, 3.8) is 0 Å². The number of nitrogens with zero attached hydrogens (tertiary/aromatic N) is 1. The Morgan fingerprint density at radius 1 is 1.04 bits per heavy atom. The first-order valence-electron chi connectivity index (χ1n) is 8.29. The summed E-state index contributed by atoms with van der Waals surface area (Å²) in [5.41, 5.74) is 2.13. The maximum atomic E-state index is 12.1. The zero-order valence-corrected chi connectivity index (χ0v) is 15.1. The molecule has 1 aliphatic rings. The van der Waals surface area contributed by atoms with Crippen LogP contribution >= 0.6 is 15.9 Å². The van der Waals surface area contributed by atoms with Crippen molar-refractivity contribution in [3.8, 4) is 0 Å². The third-order valence-corrected chi connectivity index (χ3v) is 4.99. The average Bonchev–Trinajstić information content (AvgIpc) is 2.60. The number of carbonyl (C=O) groups is 1. The van der Waals surface area contributed by atoms with Gasteiger partial charge in [0.2, 0.25) is 0 Å². The fourth-order valence-electron chi connectivity index (χ4n) is 2.98. The molecule has 3 rings (SSSR count). The number of carbonyl (C=O) groups excluding carboxylic acids is 1. The molecule has 0 radical (unpaired) electrons. The average molecular weight is 388 g/mol. The molecule has 0 spiro atoms. The first kappa shape index (κ1) is 17.0. The van der Waals surface area contributed by atoms with Gasteiger partial charge in [0.1, 0.15) is 0 Å². The molecule has 4 nitrogen and oxygen atoms in total. The number of rotatable bonds is 4. The van der Waals surface area contributed by atoms with Crippen LogP contribution in [0, 0.1) is 0 Å². The Balaban J connectivity index is 1.43. The first-order chi connectivity index (χ1) is 11.7. The normalized spacial score (nSPS) is 15.9. The first-order valence-corrected chi connectivity index (χ1v) is 9.08. The standard InChI is InChI=1S/C19H22BrN3O/c20-17-8-4-5-9-18(17)22-19(24)21-16-10-12-23(13-11-16)14-15-6-2-1-3-7-15/h1-9,16H,10-14H2,(H2,21,22,24). The number of nitrogens with one attached hydrogen (secondary N) is 2. The second-order valence-electron chi connectivity index (χ2n) is 6.11. The molecule has 5 heteroatoms. The molecule has 2 amide bonds. The third-order valence-electron chi connectivity index (χ3n) is 4.29. The van der Waals surface area contributed by atoms with Crippen LogP contribution in [0.5, 0.6) is 0 Å². The Morgan fingerprint density at radius 2 is 1.71 bits per heavy atom. The largest absolute Gasteiger partial charge is 0.335 e. The van der Waals surface area contributed by atoms with Gasteiger partial charge in [-0.15, -0.1) is 0 Å². The van der Waals surface area contributed by atoms with E-state index in [9.17, 15) is 4.79 Å². The Morgan fingerprint density at radius 3 is 2.42 bits per heavy atom. The lowest BCUT2D eigenvalue weighted by Gasteiger charge is -2.32. The van der Waals surface area contributed by atoms with Crippen molar-refractivity contribution in [2.45, 2.75) is 25.4 Å². The lowest BCUT2D eigenvalue weighted by Crippen LogP contribution is -2.45. The van der Waals surface area contributed by atoms with E-state index in [4.69, 9.17) is 0 Å². The number of amides is 2. The number of para-hydroxylation sites is 1. The van der Waals surface area contributed by atoms with Crippen molar-refractivity contribution < 1.29 is 4.79 Å². The molecule has 0 bridgehead atoms. The van der Waals surface area contributed by atoms with Crippen LogP contribution < -0.4 is 10.6 Å². The molecule has 0 unspecified atom stereocenters. The third kappa shape index (κ3) is 4.82. The van der Waals surface area contributed by atoms with Crippen LogP contribution in [0.3, 0.4) is 0 Å².